The molecule has 1 aromatic heterocycles. The van der Waals surface area contributed by atoms with Gasteiger partial charge in [0.1, 0.15) is 0 Å². The number of aromatic nitrogens is 1. The first kappa shape index (κ1) is 16.8. The molecule has 1 aliphatic heterocycles. The normalized spacial score (nSPS) is 15.5. The van der Waals surface area contributed by atoms with Gasteiger partial charge in [0.2, 0.25) is 5.91 Å². The molecule has 2 aromatic rings. The standard InChI is InChI=1S/C17H23N3O.ClH/c1-12-10-14-11-15(3-4-16(14)19-12)20-17(21)5-2-13-6-8-18-9-7-13;/h3-4,10-11,13,18-19H,2,5-9H2,1H3,(H,20,21);1H. The molecule has 1 saturated heterocycles. The first-order valence-corrected chi connectivity index (χ1v) is 7.80. The van der Waals surface area contributed by atoms with Gasteiger partial charge in [-0.3, -0.25) is 4.79 Å². The third kappa shape index (κ3) is 4.24. The van der Waals surface area contributed by atoms with Crippen LogP contribution in [0, 0.1) is 12.8 Å². The number of aromatic amines is 1. The number of hydrogen-bond acceptors (Lipinski definition) is 2. The Bertz CT molecular complexity index is 632. The quantitative estimate of drug-likeness (QED) is 0.805. The number of anilines is 1. The maximum absolute atomic E-state index is 12.1. The van der Waals surface area contributed by atoms with Crippen molar-refractivity contribution in [1.82, 2.24) is 10.3 Å². The zero-order valence-electron chi connectivity index (χ0n) is 12.9. The summed E-state index contributed by atoms with van der Waals surface area (Å²) in [6, 6.07) is 8.10. The molecular weight excluding hydrogens is 298 g/mol. The van der Waals surface area contributed by atoms with E-state index in [2.05, 4.69) is 21.7 Å². The van der Waals surface area contributed by atoms with Gasteiger partial charge in [-0.2, -0.15) is 0 Å². The zero-order chi connectivity index (χ0) is 14.7. The molecule has 1 aromatic carbocycles. The van der Waals surface area contributed by atoms with Gasteiger partial charge < -0.3 is 15.6 Å². The van der Waals surface area contributed by atoms with Gasteiger partial charge in [0.25, 0.3) is 0 Å². The molecule has 22 heavy (non-hydrogen) atoms. The molecule has 2 heterocycles. The van der Waals surface area contributed by atoms with Gasteiger partial charge in [-0.15, -0.1) is 12.4 Å². The number of carbonyl (C=O) groups excluding carboxylic acids is 1. The van der Waals surface area contributed by atoms with E-state index in [0.29, 0.717) is 12.3 Å². The van der Waals surface area contributed by atoms with Gasteiger partial charge in [0, 0.05) is 28.7 Å². The highest BCUT2D eigenvalue weighted by Crippen LogP contribution is 2.21. The lowest BCUT2D eigenvalue weighted by Crippen LogP contribution is -2.28. The van der Waals surface area contributed by atoms with Gasteiger partial charge in [0.15, 0.2) is 0 Å². The Balaban J connectivity index is 0.00000176. The summed E-state index contributed by atoms with van der Waals surface area (Å²) in [7, 11) is 0. The Kier molecular flexibility index (Phi) is 5.86. The number of amides is 1. The van der Waals surface area contributed by atoms with Crippen molar-refractivity contribution in [3.05, 3.63) is 30.0 Å². The summed E-state index contributed by atoms with van der Waals surface area (Å²) in [5, 5.41) is 7.51. The summed E-state index contributed by atoms with van der Waals surface area (Å²) in [6.07, 6.45) is 4.01. The second kappa shape index (κ2) is 7.65. The van der Waals surface area contributed by atoms with Crippen LogP contribution in [0.15, 0.2) is 24.3 Å². The van der Waals surface area contributed by atoms with Crippen LogP contribution < -0.4 is 10.6 Å². The maximum Gasteiger partial charge on any atom is 0.224 e. The Labute approximate surface area is 137 Å². The van der Waals surface area contributed by atoms with Crippen LogP contribution in [-0.4, -0.2) is 24.0 Å². The number of hydrogen-bond donors (Lipinski definition) is 3. The minimum absolute atomic E-state index is 0. The Morgan fingerprint density at radius 1 is 1.27 bits per heavy atom. The van der Waals surface area contributed by atoms with E-state index >= 15 is 0 Å². The van der Waals surface area contributed by atoms with E-state index in [4.69, 9.17) is 0 Å². The molecule has 0 atom stereocenters. The monoisotopic (exact) mass is 321 g/mol. The number of piperidine rings is 1. The highest BCUT2D eigenvalue weighted by molar-refractivity contribution is 5.93. The summed E-state index contributed by atoms with van der Waals surface area (Å²) < 4.78 is 0. The van der Waals surface area contributed by atoms with Crippen molar-refractivity contribution in [2.45, 2.75) is 32.6 Å². The number of H-pyrrole nitrogens is 1. The average Bonchev–Trinajstić information content (AvgIpc) is 2.85. The molecule has 4 nitrogen and oxygen atoms in total. The molecule has 0 spiro atoms. The average molecular weight is 322 g/mol. The lowest BCUT2D eigenvalue weighted by molar-refractivity contribution is -0.116. The highest BCUT2D eigenvalue weighted by Gasteiger charge is 2.14. The lowest BCUT2D eigenvalue weighted by atomic mass is 9.93. The summed E-state index contributed by atoms with van der Waals surface area (Å²) >= 11 is 0. The van der Waals surface area contributed by atoms with Crippen molar-refractivity contribution in [2.75, 3.05) is 18.4 Å². The van der Waals surface area contributed by atoms with Crippen molar-refractivity contribution < 1.29 is 4.79 Å². The molecule has 0 radical (unpaired) electrons. The summed E-state index contributed by atoms with van der Waals surface area (Å²) in [5.41, 5.74) is 3.14. The van der Waals surface area contributed by atoms with E-state index < -0.39 is 0 Å². The molecular formula is C17H24ClN3O. The predicted octanol–water partition coefficient (Wildman–Crippen LogP) is 3.62. The molecule has 0 unspecified atom stereocenters. The minimum Gasteiger partial charge on any atom is -0.359 e. The lowest BCUT2D eigenvalue weighted by Gasteiger charge is -2.22. The largest absolute Gasteiger partial charge is 0.359 e. The predicted molar refractivity (Wildman–Crippen MR) is 93.7 cm³/mol. The van der Waals surface area contributed by atoms with Crippen LogP contribution in [0.1, 0.15) is 31.4 Å². The molecule has 1 aliphatic rings. The van der Waals surface area contributed by atoms with Gasteiger partial charge in [-0.05, 0) is 69.5 Å². The van der Waals surface area contributed by atoms with Crippen LogP contribution in [0.25, 0.3) is 10.9 Å². The summed E-state index contributed by atoms with van der Waals surface area (Å²) in [6.45, 7) is 4.23. The van der Waals surface area contributed by atoms with Gasteiger partial charge in [0.05, 0.1) is 0 Å². The fourth-order valence-corrected chi connectivity index (χ4v) is 3.08. The van der Waals surface area contributed by atoms with E-state index in [1.54, 1.807) is 0 Å². The molecule has 1 amide bonds. The topological polar surface area (TPSA) is 56.9 Å². The van der Waals surface area contributed by atoms with Crippen molar-refractivity contribution in [3.8, 4) is 0 Å². The second-order valence-electron chi connectivity index (χ2n) is 6.03. The molecule has 3 N–H and O–H groups in total. The smallest absolute Gasteiger partial charge is 0.224 e. The fourth-order valence-electron chi connectivity index (χ4n) is 3.08. The number of fused-ring (bicyclic) bond motifs is 1. The van der Waals surface area contributed by atoms with Crippen LogP contribution in [0.5, 0.6) is 0 Å². The number of carbonyl (C=O) groups is 1. The molecule has 1 fully saturated rings. The number of rotatable bonds is 4. The Hall–Kier alpha value is -1.52. The Morgan fingerprint density at radius 2 is 2.05 bits per heavy atom. The molecule has 0 bridgehead atoms. The van der Waals surface area contributed by atoms with E-state index in [1.165, 1.54) is 12.8 Å². The van der Waals surface area contributed by atoms with Gasteiger partial charge in [-0.25, -0.2) is 0 Å². The van der Waals surface area contributed by atoms with E-state index in [0.717, 1.165) is 41.8 Å². The Morgan fingerprint density at radius 3 is 2.82 bits per heavy atom. The van der Waals surface area contributed by atoms with E-state index in [9.17, 15) is 4.79 Å². The third-order valence-electron chi connectivity index (χ3n) is 4.28. The van der Waals surface area contributed by atoms with Gasteiger partial charge in [-0.1, -0.05) is 0 Å². The first-order valence-electron chi connectivity index (χ1n) is 7.80. The van der Waals surface area contributed by atoms with Crippen molar-refractivity contribution in [1.29, 1.82) is 0 Å². The minimum atomic E-state index is 0. The maximum atomic E-state index is 12.1. The SMILES string of the molecule is Cc1cc2cc(NC(=O)CCC3CCNCC3)ccc2[nH]1.Cl. The molecule has 0 aliphatic carbocycles. The molecule has 120 valence electrons. The zero-order valence-corrected chi connectivity index (χ0v) is 13.8. The van der Waals surface area contributed by atoms with Crippen molar-refractivity contribution in [3.63, 3.8) is 0 Å². The molecule has 3 rings (SSSR count). The van der Waals surface area contributed by atoms with E-state index in [1.807, 2.05) is 25.1 Å². The summed E-state index contributed by atoms with van der Waals surface area (Å²) in [5.74, 6) is 0.826. The van der Waals surface area contributed by atoms with E-state index in [-0.39, 0.29) is 18.3 Å². The molecule has 5 heteroatoms. The molecule has 0 saturated carbocycles. The highest BCUT2D eigenvalue weighted by atomic mass is 35.5. The third-order valence-corrected chi connectivity index (χ3v) is 4.28. The summed E-state index contributed by atoms with van der Waals surface area (Å²) in [4.78, 5) is 15.4. The van der Waals surface area contributed by atoms with Crippen LogP contribution in [0.4, 0.5) is 5.69 Å². The van der Waals surface area contributed by atoms with Crippen LogP contribution in [0.3, 0.4) is 0 Å². The van der Waals surface area contributed by atoms with Crippen molar-refractivity contribution >= 4 is 34.9 Å². The number of aryl methyl sites for hydroxylation is 1. The first-order chi connectivity index (χ1) is 10.2. The second-order valence-corrected chi connectivity index (χ2v) is 6.03. The van der Waals surface area contributed by atoms with Gasteiger partial charge >= 0.3 is 0 Å². The number of benzene rings is 1. The number of nitrogens with one attached hydrogen (secondary N) is 3. The number of halogens is 1. The van der Waals surface area contributed by atoms with Crippen LogP contribution >= 0.6 is 12.4 Å². The van der Waals surface area contributed by atoms with Crippen molar-refractivity contribution in [2.24, 2.45) is 5.92 Å². The van der Waals surface area contributed by atoms with Crippen LogP contribution in [0.2, 0.25) is 0 Å². The fraction of sp³-hybridized carbons (Fsp3) is 0.471. The van der Waals surface area contributed by atoms with Crippen LogP contribution in [-0.2, 0) is 4.79 Å².